The van der Waals surface area contributed by atoms with Crippen molar-refractivity contribution in [2.24, 2.45) is 8.80 Å². The zero-order valence-corrected chi connectivity index (χ0v) is 11.1. The Morgan fingerprint density at radius 1 is 0.611 bits per heavy atom. The minimum absolute atomic E-state index is 1.01. The summed E-state index contributed by atoms with van der Waals surface area (Å²) < 4.78 is 8.77. The van der Waals surface area contributed by atoms with E-state index in [1.807, 2.05) is 36.4 Å². The van der Waals surface area contributed by atoms with E-state index >= 15 is 0 Å². The van der Waals surface area contributed by atoms with Crippen molar-refractivity contribution in [3.05, 3.63) is 71.8 Å². The van der Waals surface area contributed by atoms with Gasteiger partial charge in [0.2, 0.25) is 0 Å². The first-order valence-corrected chi connectivity index (χ1v) is 7.09. The average molecular weight is 270 g/mol. The standard InChI is InChI=1S/C14H10N2S2/c1-3-7-11(8-4-1)13-15-18-16-14(17-13)12-9-5-2-6-10-12/h1-10H. The van der Waals surface area contributed by atoms with Crippen molar-refractivity contribution in [2.45, 2.75) is 0 Å². The lowest BCUT2D eigenvalue weighted by molar-refractivity contribution is 1.64. The van der Waals surface area contributed by atoms with Gasteiger partial charge in [0.05, 0.1) is 0 Å². The van der Waals surface area contributed by atoms with Gasteiger partial charge < -0.3 is 0 Å². The highest BCUT2D eigenvalue weighted by atomic mass is 32.2. The molecule has 1 aliphatic rings. The maximum atomic E-state index is 4.38. The maximum Gasteiger partial charge on any atom is 0.120 e. The lowest BCUT2D eigenvalue weighted by Gasteiger charge is -2.11. The summed E-state index contributed by atoms with van der Waals surface area (Å²) in [5, 5.41) is 2.02. The molecule has 0 saturated carbocycles. The van der Waals surface area contributed by atoms with Crippen molar-refractivity contribution in [2.75, 3.05) is 0 Å². The molecule has 2 aromatic carbocycles. The van der Waals surface area contributed by atoms with Gasteiger partial charge in [0.25, 0.3) is 0 Å². The van der Waals surface area contributed by atoms with E-state index in [0.717, 1.165) is 21.2 Å². The van der Waals surface area contributed by atoms with Crippen LogP contribution in [0.2, 0.25) is 0 Å². The number of hydrogen-bond acceptors (Lipinski definition) is 4. The van der Waals surface area contributed by atoms with Gasteiger partial charge in [-0.2, -0.15) is 8.80 Å². The first kappa shape index (κ1) is 11.6. The molecule has 3 rings (SSSR count). The molecule has 1 aliphatic heterocycles. The number of thioether (sulfide) groups is 1. The molecule has 0 N–H and O–H groups in total. The van der Waals surface area contributed by atoms with Crippen LogP contribution in [0.4, 0.5) is 0 Å². The van der Waals surface area contributed by atoms with Crippen molar-refractivity contribution >= 4 is 34.0 Å². The fraction of sp³-hybridized carbons (Fsp3) is 0. The molecular weight excluding hydrogens is 260 g/mol. The van der Waals surface area contributed by atoms with Crippen molar-refractivity contribution in [1.29, 1.82) is 0 Å². The van der Waals surface area contributed by atoms with Gasteiger partial charge in [0, 0.05) is 11.1 Å². The lowest BCUT2D eigenvalue weighted by Crippen LogP contribution is -2.05. The van der Waals surface area contributed by atoms with Crippen LogP contribution in [0, 0.1) is 0 Å². The van der Waals surface area contributed by atoms with Crippen LogP contribution in [0.1, 0.15) is 11.1 Å². The minimum Gasteiger partial charge on any atom is -0.185 e. The summed E-state index contributed by atoms with van der Waals surface area (Å²) in [5.74, 6) is 0. The fourth-order valence-corrected chi connectivity index (χ4v) is 3.20. The van der Waals surface area contributed by atoms with Gasteiger partial charge >= 0.3 is 0 Å². The Bertz CT molecular complexity index is 538. The Kier molecular flexibility index (Phi) is 3.48. The molecule has 2 aromatic rings. The number of benzene rings is 2. The highest BCUT2D eigenvalue weighted by Gasteiger charge is 2.15. The van der Waals surface area contributed by atoms with Crippen LogP contribution in [-0.2, 0) is 0 Å². The highest BCUT2D eigenvalue weighted by molar-refractivity contribution is 8.29. The van der Waals surface area contributed by atoms with E-state index in [0.29, 0.717) is 0 Å². The Labute approximate surface area is 115 Å². The van der Waals surface area contributed by atoms with Crippen LogP contribution < -0.4 is 0 Å². The first-order chi connectivity index (χ1) is 8.93. The van der Waals surface area contributed by atoms with Crippen LogP contribution in [0.25, 0.3) is 0 Å². The molecule has 88 valence electrons. The van der Waals surface area contributed by atoms with Crippen LogP contribution >= 0.6 is 23.9 Å². The fourth-order valence-electron chi connectivity index (χ4n) is 1.61. The zero-order valence-electron chi connectivity index (χ0n) is 9.48. The molecule has 2 nitrogen and oxygen atoms in total. The normalized spacial score (nSPS) is 14.9. The predicted molar refractivity (Wildman–Crippen MR) is 81.1 cm³/mol. The number of rotatable bonds is 2. The van der Waals surface area contributed by atoms with E-state index in [1.165, 1.54) is 12.1 Å². The molecular formula is C14H10N2S2. The third kappa shape index (κ3) is 2.49. The molecule has 0 bridgehead atoms. The predicted octanol–water partition coefficient (Wildman–Crippen LogP) is 4.19. The molecule has 0 radical (unpaired) electrons. The summed E-state index contributed by atoms with van der Waals surface area (Å²) in [6.45, 7) is 0. The maximum absolute atomic E-state index is 4.38. The van der Waals surface area contributed by atoms with Gasteiger partial charge in [-0.1, -0.05) is 60.7 Å². The van der Waals surface area contributed by atoms with Gasteiger partial charge in [0.15, 0.2) is 0 Å². The van der Waals surface area contributed by atoms with Gasteiger partial charge in [-0.3, -0.25) is 0 Å². The van der Waals surface area contributed by atoms with E-state index in [-0.39, 0.29) is 0 Å². The molecule has 0 aliphatic carbocycles. The van der Waals surface area contributed by atoms with E-state index in [1.54, 1.807) is 11.8 Å². The summed E-state index contributed by atoms with van der Waals surface area (Å²) in [6.07, 6.45) is 0. The van der Waals surface area contributed by atoms with E-state index in [2.05, 4.69) is 33.1 Å². The Morgan fingerprint density at radius 2 is 1.06 bits per heavy atom. The molecule has 1 heterocycles. The van der Waals surface area contributed by atoms with Gasteiger partial charge in [-0.15, -0.1) is 0 Å². The molecule has 0 atom stereocenters. The van der Waals surface area contributed by atoms with Crippen LogP contribution in [0.3, 0.4) is 0 Å². The summed E-state index contributed by atoms with van der Waals surface area (Å²) in [7, 11) is 0. The zero-order chi connectivity index (χ0) is 12.2. The van der Waals surface area contributed by atoms with Crippen molar-refractivity contribution in [3.63, 3.8) is 0 Å². The smallest absolute Gasteiger partial charge is 0.120 e. The molecule has 0 aromatic heterocycles. The minimum atomic E-state index is 1.01. The van der Waals surface area contributed by atoms with E-state index in [9.17, 15) is 0 Å². The summed E-state index contributed by atoms with van der Waals surface area (Å²) >= 11 is 2.87. The number of nitrogens with zero attached hydrogens (tertiary/aromatic N) is 2. The van der Waals surface area contributed by atoms with Crippen molar-refractivity contribution < 1.29 is 0 Å². The summed E-state index contributed by atoms with van der Waals surface area (Å²) in [5.41, 5.74) is 2.27. The number of hydrogen-bond donors (Lipinski definition) is 0. The highest BCUT2D eigenvalue weighted by Crippen LogP contribution is 2.29. The summed E-state index contributed by atoms with van der Waals surface area (Å²) in [4.78, 5) is 0. The largest absolute Gasteiger partial charge is 0.185 e. The monoisotopic (exact) mass is 270 g/mol. The topological polar surface area (TPSA) is 24.7 Å². The second-order valence-electron chi connectivity index (χ2n) is 3.71. The molecule has 0 unspecified atom stereocenters. The van der Waals surface area contributed by atoms with E-state index < -0.39 is 0 Å². The van der Waals surface area contributed by atoms with E-state index in [4.69, 9.17) is 0 Å². The Morgan fingerprint density at radius 3 is 1.50 bits per heavy atom. The average Bonchev–Trinajstić information content (AvgIpc) is 2.49. The second kappa shape index (κ2) is 5.42. The molecule has 0 saturated heterocycles. The van der Waals surface area contributed by atoms with Crippen molar-refractivity contribution in [1.82, 2.24) is 0 Å². The lowest BCUT2D eigenvalue weighted by atomic mass is 10.2. The molecule has 0 spiro atoms. The second-order valence-corrected chi connectivity index (χ2v) is 5.21. The Balaban J connectivity index is 1.85. The molecule has 18 heavy (non-hydrogen) atoms. The third-order valence-electron chi connectivity index (χ3n) is 2.48. The molecule has 0 amide bonds. The van der Waals surface area contributed by atoms with Crippen LogP contribution in [0.15, 0.2) is 69.5 Å². The van der Waals surface area contributed by atoms with Gasteiger partial charge in [0.1, 0.15) is 22.2 Å². The quantitative estimate of drug-likeness (QED) is 0.764. The van der Waals surface area contributed by atoms with Crippen LogP contribution in [0.5, 0.6) is 0 Å². The Hall–Kier alpha value is -1.52. The SMILES string of the molecule is c1ccc(C2=NSN=C(c3ccccc3)S2)cc1. The summed E-state index contributed by atoms with van der Waals surface area (Å²) in [6, 6.07) is 20.4. The van der Waals surface area contributed by atoms with Gasteiger partial charge in [-0.05, 0) is 11.8 Å². The third-order valence-corrected chi connectivity index (χ3v) is 4.28. The van der Waals surface area contributed by atoms with Gasteiger partial charge in [-0.25, -0.2) is 0 Å². The van der Waals surface area contributed by atoms with Crippen LogP contribution in [-0.4, -0.2) is 10.1 Å². The molecule has 4 heteroatoms. The first-order valence-electron chi connectivity index (χ1n) is 5.54. The molecule has 0 fully saturated rings. The van der Waals surface area contributed by atoms with Crippen molar-refractivity contribution in [3.8, 4) is 0 Å².